The van der Waals surface area contributed by atoms with E-state index in [0.29, 0.717) is 16.3 Å². The summed E-state index contributed by atoms with van der Waals surface area (Å²) in [5.41, 5.74) is 5.51. The van der Waals surface area contributed by atoms with E-state index in [4.69, 9.17) is 22.1 Å². The van der Waals surface area contributed by atoms with E-state index in [-0.39, 0.29) is 12.8 Å². The number of alkyl halides is 2. The second-order valence-electron chi connectivity index (χ2n) is 4.21. The molecule has 1 fully saturated rings. The van der Waals surface area contributed by atoms with E-state index in [1.807, 2.05) is 0 Å². The van der Waals surface area contributed by atoms with Crippen LogP contribution in [0.3, 0.4) is 0 Å². The third-order valence-electron chi connectivity index (χ3n) is 2.85. The Bertz CT molecular complexity index is 414. The smallest absolute Gasteiger partial charge is 0.252 e. The molecule has 2 N–H and O–H groups in total. The minimum atomic E-state index is -2.67. The number of benzene rings is 1. The molecule has 0 saturated heterocycles. The molecule has 1 aromatic rings. The fraction of sp³-hybridized carbons (Fsp3) is 0.455. The van der Waals surface area contributed by atoms with Crippen molar-refractivity contribution in [2.45, 2.75) is 24.3 Å². The van der Waals surface area contributed by atoms with Gasteiger partial charge in [-0.05, 0) is 12.1 Å². The third-order valence-corrected chi connectivity index (χ3v) is 3.08. The third kappa shape index (κ3) is 1.87. The maximum absolute atomic E-state index is 12.9. The summed E-state index contributed by atoms with van der Waals surface area (Å²) in [7, 11) is 1.47. The summed E-state index contributed by atoms with van der Waals surface area (Å²) < 4.78 is 30.9. The van der Waals surface area contributed by atoms with Gasteiger partial charge in [0, 0.05) is 23.4 Å². The van der Waals surface area contributed by atoms with Crippen molar-refractivity contribution in [2.24, 2.45) is 5.73 Å². The molecule has 0 bridgehead atoms. The van der Waals surface area contributed by atoms with Gasteiger partial charge in [0.25, 0.3) is 5.92 Å². The van der Waals surface area contributed by atoms with E-state index in [1.165, 1.54) is 7.11 Å². The van der Waals surface area contributed by atoms with Gasteiger partial charge in [-0.2, -0.15) is 0 Å². The van der Waals surface area contributed by atoms with Crippen molar-refractivity contribution >= 4 is 11.6 Å². The molecule has 0 aliphatic heterocycles. The second-order valence-corrected chi connectivity index (χ2v) is 4.65. The molecule has 0 spiro atoms. The Morgan fingerprint density at radius 1 is 1.38 bits per heavy atom. The molecule has 2 nitrogen and oxygen atoms in total. The Balaban J connectivity index is 2.35. The number of rotatable bonds is 2. The topological polar surface area (TPSA) is 35.2 Å². The van der Waals surface area contributed by atoms with Gasteiger partial charge in [0.2, 0.25) is 0 Å². The highest BCUT2D eigenvalue weighted by Gasteiger charge is 2.56. The van der Waals surface area contributed by atoms with E-state index in [9.17, 15) is 8.78 Å². The highest BCUT2D eigenvalue weighted by molar-refractivity contribution is 6.30. The van der Waals surface area contributed by atoms with Crippen molar-refractivity contribution in [3.63, 3.8) is 0 Å². The van der Waals surface area contributed by atoms with Crippen LogP contribution < -0.4 is 10.5 Å². The molecule has 1 saturated carbocycles. The van der Waals surface area contributed by atoms with E-state index in [0.717, 1.165) is 0 Å². The average molecular weight is 248 g/mol. The summed E-state index contributed by atoms with van der Waals surface area (Å²) in [6.07, 6.45) is -0.698. The van der Waals surface area contributed by atoms with Crippen molar-refractivity contribution in [3.05, 3.63) is 28.8 Å². The largest absolute Gasteiger partial charge is 0.496 e. The quantitative estimate of drug-likeness (QED) is 0.872. The molecule has 0 atom stereocenters. The molecule has 1 aliphatic rings. The number of halogens is 3. The van der Waals surface area contributed by atoms with E-state index >= 15 is 0 Å². The van der Waals surface area contributed by atoms with Gasteiger partial charge in [0.15, 0.2) is 0 Å². The fourth-order valence-corrected chi connectivity index (χ4v) is 2.30. The highest BCUT2D eigenvalue weighted by atomic mass is 35.5. The van der Waals surface area contributed by atoms with Gasteiger partial charge in [-0.25, -0.2) is 8.78 Å². The lowest BCUT2D eigenvalue weighted by Crippen LogP contribution is -2.55. The summed E-state index contributed by atoms with van der Waals surface area (Å²) >= 11 is 5.79. The summed E-state index contributed by atoms with van der Waals surface area (Å²) in [5, 5.41) is 0.496. The zero-order chi connectivity index (χ0) is 12.0. The van der Waals surface area contributed by atoms with Crippen molar-refractivity contribution in [3.8, 4) is 5.75 Å². The lowest BCUT2D eigenvalue weighted by molar-refractivity contribution is -0.125. The van der Waals surface area contributed by atoms with Gasteiger partial charge in [-0.1, -0.05) is 17.7 Å². The van der Waals surface area contributed by atoms with Crippen LogP contribution in [0.1, 0.15) is 18.4 Å². The Morgan fingerprint density at radius 3 is 2.50 bits per heavy atom. The molecule has 16 heavy (non-hydrogen) atoms. The van der Waals surface area contributed by atoms with Crippen LogP contribution in [0.4, 0.5) is 8.78 Å². The van der Waals surface area contributed by atoms with Crippen LogP contribution in [0.25, 0.3) is 0 Å². The van der Waals surface area contributed by atoms with Gasteiger partial charge in [-0.3, -0.25) is 0 Å². The van der Waals surface area contributed by atoms with Crippen molar-refractivity contribution in [1.29, 1.82) is 0 Å². The Hall–Kier alpha value is -0.870. The second kappa shape index (κ2) is 3.57. The molecule has 0 radical (unpaired) electrons. The van der Waals surface area contributed by atoms with Gasteiger partial charge in [0.1, 0.15) is 5.75 Å². The van der Waals surface area contributed by atoms with E-state index in [1.54, 1.807) is 18.2 Å². The summed E-state index contributed by atoms with van der Waals surface area (Å²) in [5.74, 6) is -2.20. The first-order valence-corrected chi connectivity index (χ1v) is 5.25. The maximum Gasteiger partial charge on any atom is 0.252 e. The average Bonchev–Trinajstić information content (AvgIpc) is 2.14. The van der Waals surface area contributed by atoms with E-state index in [2.05, 4.69) is 0 Å². The van der Waals surface area contributed by atoms with Gasteiger partial charge >= 0.3 is 0 Å². The molecular formula is C11H12ClF2NO. The Labute approximate surface area is 97.3 Å². The molecule has 0 unspecified atom stereocenters. The van der Waals surface area contributed by atoms with Crippen LogP contribution >= 0.6 is 11.6 Å². The molecule has 1 aromatic carbocycles. The van der Waals surface area contributed by atoms with Crippen LogP contribution in [0.2, 0.25) is 5.02 Å². The standard InChI is InChI=1S/C11H12ClF2NO/c1-16-9-4-7(12)2-3-8(9)10(15)5-11(13,14)6-10/h2-4H,5-6,15H2,1H3. The number of methoxy groups -OCH3 is 1. The van der Waals surface area contributed by atoms with Gasteiger partial charge in [0.05, 0.1) is 12.6 Å². The first kappa shape index (κ1) is 11.6. The van der Waals surface area contributed by atoms with Crippen molar-refractivity contribution in [2.75, 3.05) is 7.11 Å². The number of hydrogen-bond acceptors (Lipinski definition) is 2. The molecule has 5 heteroatoms. The maximum atomic E-state index is 12.9. The molecular weight excluding hydrogens is 236 g/mol. The minimum absolute atomic E-state index is 0.349. The Kier molecular flexibility index (Phi) is 2.59. The van der Waals surface area contributed by atoms with Crippen molar-refractivity contribution < 1.29 is 13.5 Å². The molecule has 88 valence electrons. The molecule has 2 rings (SSSR count). The zero-order valence-corrected chi connectivity index (χ0v) is 9.52. The summed E-state index contributed by atoms with van der Waals surface area (Å²) in [6.45, 7) is 0. The SMILES string of the molecule is COc1cc(Cl)ccc1C1(N)CC(F)(F)C1. The first-order valence-electron chi connectivity index (χ1n) is 4.87. The molecule has 1 aliphatic carbocycles. The van der Waals surface area contributed by atoms with Crippen molar-refractivity contribution in [1.82, 2.24) is 0 Å². The lowest BCUT2D eigenvalue weighted by atomic mass is 9.69. The summed E-state index contributed by atoms with van der Waals surface area (Å²) in [6, 6.07) is 4.86. The molecule has 0 aromatic heterocycles. The highest BCUT2D eigenvalue weighted by Crippen LogP contribution is 2.52. The van der Waals surface area contributed by atoms with Crippen LogP contribution in [0, 0.1) is 0 Å². The van der Waals surface area contributed by atoms with Crippen LogP contribution in [0.5, 0.6) is 5.75 Å². The predicted octanol–water partition coefficient (Wildman–Crippen LogP) is 2.93. The van der Waals surface area contributed by atoms with Gasteiger partial charge < -0.3 is 10.5 Å². The van der Waals surface area contributed by atoms with Crippen LogP contribution in [0.15, 0.2) is 18.2 Å². The monoisotopic (exact) mass is 247 g/mol. The zero-order valence-electron chi connectivity index (χ0n) is 8.77. The molecule has 0 amide bonds. The predicted molar refractivity (Wildman–Crippen MR) is 58.1 cm³/mol. The minimum Gasteiger partial charge on any atom is -0.496 e. The van der Waals surface area contributed by atoms with Gasteiger partial charge in [-0.15, -0.1) is 0 Å². The number of nitrogens with two attached hydrogens (primary N) is 1. The number of hydrogen-bond donors (Lipinski definition) is 1. The Morgan fingerprint density at radius 2 is 2.00 bits per heavy atom. The lowest BCUT2D eigenvalue weighted by Gasteiger charge is -2.45. The fourth-order valence-electron chi connectivity index (χ4n) is 2.14. The van der Waals surface area contributed by atoms with E-state index < -0.39 is 11.5 Å². The summed E-state index contributed by atoms with van der Waals surface area (Å²) in [4.78, 5) is 0. The normalized spacial score (nSPS) is 21.3. The van der Waals surface area contributed by atoms with Crippen LogP contribution in [-0.4, -0.2) is 13.0 Å². The van der Waals surface area contributed by atoms with Crippen LogP contribution in [-0.2, 0) is 5.54 Å². The first-order chi connectivity index (χ1) is 7.36. The molecule has 0 heterocycles. The number of ether oxygens (including phenoxy) is 1.